The average molecular weight is 268 g/mol. The van der Waals surface area contributed by atoms with Gasteiger partial charge in [-0.15, -0.1) is 0 Å². The van der Waals surface area contributed by atoms with Gasteiger partial charge < -0.3 is 14.9 Å². The van der Waals surface area contributed by atoms with Crippen molar-refractivity contribution < 1.29 is 14.7 Å². The number of carboxylic acid groups (broad SMARTS) is 1. The topological polar surface area (TPSA) is 78.7 Å². The third kappa shape index (κ3) is 4.61. The third-order valence-electron chi connectivity index (χ3n) is 2.59. The Balaban J connectivity index is 2.64. The number of hydrogen-bond acceptors (Lipinski definition) is 3. The highest BCUT2D eigenvalue weighted by molar-refractivity contribution is 5.80. The lowest BCUT2D eigenvalue weighted by Gasteiger charge is -2.26. The number of carbonyl (C=O) groups excluding carboxylic acids is 1. The lowest BCUT2D eigenvalue weighted by atomic mass is 10.3. The number of carbonyl (C=O) groups is 2. The fourth-order valence-corrected chi connectivity index (χ4v) is 1.81. The molecule has 0 unspecified atom stereocenters. The Morgan fingerprint density at radius 2 is 2.16 bits per heavy atom. The second kappa shape index (κ2) is 6.77. The van der Waals surface area contributed by atoms with E-state index in [-0.39, 0.29) is 12.6 Å². The van der Waals surface area contributed by atoms with E-state index in [9.17, 15) is 9.59 Å². The molecule has 0 spiro atoms. The van der Waals surface area contributed by atoms with Gasteiger partial charge in [-0.2, -0.15) is 5.10 Å². The molecule has 0 aliphatic carbocycles. The molecule has 0 atom stereocenters. The van der Waals surface area contributed by atoms with Gasteiger partial charge in [-0.05, 0) is 6.42 Å². The van der Waals surface area contributed by atoms with Crippen molar-refractivity contribution in [3.8, 4) is 0 Å². The summed E-state index contributed by atoms with van der Waals surface area (Å²) in [6.07, 6.45) is 4.23. The number of aliphatic carboxylic acids is 1. The summed E-state index contributed by atoms with van der Waals surface area (Å²) in [5, 5.41) is 12.8. The van der Waals surface area contributed by atoms with Crippen molar-refractivity contribution in [2.24, 2.45) is 7.05 Å². The van der Waals surface area contributed by atoms with Crippen LogP contribution in [-0.2, 0) is 18.4 Å². The van der Waals surface area contributed by atoms with Crippen LogP contribution in [0.2, 0.25) is 0 Å². The largest absolute Gasteiger partial charge is 0.480 e. The fraction of sp³-hybridized carbons (Fsp3) is 0.583. The molecule has 106 valence electrons. The summed E-state index contributed by atoms with van der Waals surface area (Å²) < 4.78 is 1.66. The Morgan fingerprint density at radius 3 is 2.63 bits per heavy atom. The molecule has 7 nitrogen and oxygen atoms in total. The number of amides is 2. The van der Waals surface area contributed by atoms with E-state index < -0.39 is 5.97 Å². The summed E-state index contributed by atoms with van der Waals surface area (Å²) in [6.45, 7) is 2.47. The predicted molar refractivity (Wildman–Crippen MR) is 69.6 cm³/mol. The predicted octanol–water partition coefficient (Wildman–Crippen LogP) is 0.768. The van der Waals surface area contributed by atoms with Crippen molar-refractivity contribution in [1.29, 1.82) is 0 Å². The Hall–Kier alpha value is -2.05. The molecule has 1 heterocycles. The number of urea groups is 1. The molecule has 1 rings (SSSR count). The molecule has 1 N–H and O–H groups in total. The number of carboxylic acids is 1. The summed E-state index contributed by atoms with van der Waals surface area (Å²) in [6, 6.07) is -0.284. The highest BCUT2D eigenvalue weighted by atomic mass is 16.4. The first-order valence-electron chi connectivity index (χ1n) is 6.13. The van der Waals surface area contributed by atoms with E-state index in [4.69, 9.17) is 5.11 Å². The van der Waals surface area contributed by atoms with Gasteiger partial charge in [0.1, 0.15) is 6.54 Å². The van der Waals surface area contributed by atoms with Crippen LogP contribution in [0.5, 0.6) is 0 Å². The van der Waals surface area contributed by atoms with Gasteiger partial charge in [0.2, 0.25) is 0 Å². The van der Waals surface area contributed by atoms with E-state index in [1.807, 2.05) is 13.1 Å². The Labute approximate surface area is 112 Å². The van der Waals surface area contributed by atoms with Crippen molar-refractivity contribution in [3.05, 3.63) is 18.0 Å². The van der Waals surface area contributed by atoms with Gasteiger partial charge in [-0.1, -0.05) is 6.92 Å². The molecule has 0 saturated heterocycles. The molecule has 0 aliphatic heterocycles. The molecule has 0 bridgehead atoms. The second-order valence-corrected chi connectivity index (χ2v) is 4.48. The lowest BCUT2D eigenvalue weighted by molar-refractivity contribution is -0.137. The standard InChI is InChI=1S/C12H20N4O3/c1-4-5-16(9-11(17)18)12(19)14(2)7-10-6-13-15(3)8-10/h6,8H,4-5,7,9H2,1-3H3,(H,17,18). The van der Waals surface area contributed by atoms with Crippen molar-refractivity contribution in [2.75, 3.05) is 20.1 Å². The van der Waals surface area contributed by atoms with Crippen LogP contribution in [0, 0.1) is 0 Å². The van der Waals surface area contributed by atoms with Crippen LogP contribution in [0.1, 0.15) is 18.9 Å². The van der Waals surface area contributed by atoms with Crippen molar-refractivity contribution in [1.82, 2.24) is 19.6 Å². The molecule has 1 aromatic rings. The number of hydrogen-bond donors (Lipinski definition) is 1. The van der Waals surface area contributed by atoms with Gasteiger partial charge in [-0.25, -0.2) is 4.79 Å². The maximum atomic E-state index is 12.1. The van der Waals surface area contributed by atoms with E-state index >= 15 is 0 Å². The number of nitrogens with zero attached hydrogens (tertiary/aromatic N) is 4. The number of aromatic nitrogens is 2. The number of rotatable bonds is 6. The van der Waals surface area contributed by atoms with Gasteiger partial charge in [0.15, 0.2) is 0 Å². The molecule has 0 saturated carbocycles. The van der Waals surface area contributed by atoms with Crippen molar-refractivity contribution in [2.45, 2.75) is 19.9 Å². The summed E-state index contributed by atoms with van der Waals surface area (Å²) in [7, 11) is 3.46. The van der Waals surface area contributed by atoms with E-state index in [0.29, 0.717) is 13.1 Å². The van der Waals surface area contributed by atoms with E-state index in [1.54, 1.807) is 25.0 Å². The molecule has 0 aliphatic rings. The summed E-state index contributed by atoms with van der Waals surface area (Å²) >= 11 is 0. The second-order valence-electron chi connectivity index (χ2n) is 4.48. The molecular formula is C12H20N4O3. The molecule has 7 heteroatoms. The first-order valence-corrected chi connectivity index (χ1v) is 6.13. The Bertz CT molecular complexity index is 444. The van der Waals surface area contributed by atoms with Crippen LogP contribution in [0.15, 0.2) is 12.4 Å². The zero-order chi connectivity index (χ0) is 14.4. The Morgan fingerprint density at radius 1 is 1.47 bits per heavy atom. The summed E-state index contributed by atoms with van der Waals surface area (Å²) in [4.78, 5) is 25.7. The monoisotopic (exact) mass is 268 g/mol. The van der Waals surface area contributed by atoms with Gasteiger partial charge >= 0.3 is 12.0 Å². The van der Waals surface area contributed by atoms with Crippen LogP contribution >= 0.6 is 0 Å². The molecule has 19 heavy (non-hydrogen) atoms. The highest BCUT2D eigenvalue weighted by Crippen LogP contribution is 2.05. The molecule has 2 amide bonds. The first-order chi connectivity index (χ1) is 8.93. The minimum atomic E-state index is -1.00. The van der Waals surface area contributed by atoms with Crippen molar-refractivity contribution >= 4 is 12.0 Å². The number of aryl methyl sites for hydroxylation is 1. The van der Waals surface area contributed by atoms with E-state index in [2.05, 4.69) is 5.10 Å². The van der Waals surface area contributed by atoms with Crippen LogP contribution in [0.4, 0.5) is 4.79 Å². The first kappa shape index (κ1) is 15.0. The average Bonchev–Trinajstić information content (AvgIpc) is 2.72. The minimum Gasteiger partial charge on any atom is -0.480 e. The Kier molecular flexibility index (Phi) is 5.35. The van der Waals surface area contributed by atoms with Crippen LogP contribution in [0.3, 0.4) is 0 Å². The van der Waals surface area contributed by atoms with Gasteiger partial charge in [0.25, 0.3) is 0 Å². The summed E-state index contributed by atoms with van der Waals surface area (Å²) in [5.74, 6) is -1.00. The molecule has 0 radical (unpaired) electrons. The molecule has 1 aromatic heterocycles. The van der Waals surface area contributed by atoms with E-state index in [0.717, 1.165) is 12.0 Å². The van der Waals surface area contributed by atoms with Crippen LogP contribution in [-0.4, -0.2) is 56.8 Å². The van der Waals surface area contributed by atoms with E-state index in [1.165, 1.54) is 9.80 Å². The van der Waals surface area contributed by atoms with Gasteiger partial charge in [-0.3, -0.25) is 9.48 Å². The normalized spacial score (nSPS) is 10.3. The third-order valence-corrected chi connectivity index (χ3v) is 2.59. The van der Waals surface area contributed by atoms with Crippen LogP contribution in [0.25, 0.3) is 0 Å². The quantitative estimate of drug-likeness (QED) is 0.826. The summed E-state index contributed by atoms with van der Waals surface area (Å²) in [5.41, 5.74) is 0.908. The highest BCUT2D eigenvalue weighted by Gasteiger charge is 2.20. The zero-order valence-corrected chi connectivity index (χ0v) is 11.5. The zero-order valence-electron chi connectivity index (χ0n) is 11.5. The molecule has 0 fully saturated rings. The molecule has 0 aromatic carbocycles. The minimum absolute atomic E-state index is 0.274. The maximum Gasteiger partial charge on any atom is 0.323 e. The van der Waals surface area contributed by atoms with Crippen molar-refractivity contribution in [3.63, 3.8) is 0 Å². The van der Waals surface area contributed by atoms with Crippen LogP contribution < -0.4 is 0 Å². The SMILES string of the molecule is CCCN(CC(=O)O)C(=O)N(C)Cc1cnn(C)c1. The molecular weight excluding hydrogens is 248 g/mol. The maximum absolute atomic E-state index is 12.1. The van der Waals surface area contributed by atoms with Gasteiger partial charge in [0.05, 0.1) is 12.7 Å². The smallest absolute Gasteiger partial charge is 0.323 e. The van der Waals surface area contributed by atoms with Gasteiger partial charge in [0, 0.05) is 32.4 Å². The lowest BCUT2D eigenvalue weighted by Crippen LogP contribution is -2.43. The fourth-order valence-electron chi connectivity index (χ4n) is 1.81.